The zero-order valence-electron chi connectivity index (χ0n) is 10.6. The minimum atomic E-state index is 0.165. The van der Waals surface area contributed by atoms with E-state index >= 15 is 0 Å². The standard InChI is InChI=1S/C16H11ClN2O/c17-12-7-6-11-13(20)8-9-19-15(11)14(12)18-16(19)10-4-2-1-3-5-10/h1-7H,8-9H2. The highest BCUT2D eigenvalue weighted by atomic mass is 35.5. The zero-order chi connectivity index (χ0) is 13.7. The molecule has 2 heterocycles. The predicted molar refractivity (Wildman–Crippen MR) is 79.1 cm³/mol. The molecule has 1 aliphatic rings. The van der Waals surface area contributed by atoms with Gasteiger partial charge in [0.2, 0.25) is 0 Å². The first kappa shape index (κ1) is 11.7. The van der Waals surface area contributed by atoms with E-state index in [-0.39, 0.29) is 5.78 Å². The molecule has 0 saturated heterocycles. The Morgan fingerprint density at radius 1 is 1.10 bits per heavy atom. The van der Waals surface area contributed by atoms with Crippen LogP contribution in [-0.2, 0) is 6.54 Å². The average Bonchev–Trinajstić information content (AvgIpc) is 2.87. The molecule has 3 aromatic rings. The van der Waals surface area contributed by atoms with E-state index in [1.807, 2.05) is 30.3 Å². The number of hydrogen-bond donors (Lipinski definition) is 0. The smallest absolute Gasteiger partial charge is 0.166 e. The predicted octanol–water partition coefficient (Wildman–Crippen LogP) is 3.94. The van der Waals surface area contributed by atoms with Gasteiger partial charge in [-0.2, -0.15) is 0 Å². The SMILES string of the molecule is O=C1CCn2c(-c3ccccc3)nc3c(Cl)ccc1c32. The monoisotopic (exact) mass is 282 g/mol. The van der Waals surface area contributed by atoms with Crippen molar-refractivity contribution in [1.29, 1.82) is 0 Å². The fourth-order valence-electron chi connectivity index (χ4n) is 2.81. The number of aryl methyl sites for hydroxylation is 1. The van der Waals surface area contributed by atoms with Crippen LogP contribution in [0.25, 0.3) is 22.4 Å². The van der Waals surface area contributed by atoms with Gasteiger partial charge < -0.3 is 4.57 Å². The average molecular weight is 283 g/mol. The maximum atomic E-state index is 12.0. The first-order chi connectivity index (χ1) is 9.75. The minimum absolute atomic E-state index is 0.165. The summed E-state index contributed by atoms with van der Waals surface area (Å²) >= 11 is 6.24. The summed E-state index contributed by atoms with van der Waals surface area (Å²) in [5.41, 5.74) is 3.36. The summed E-state index contributed by atoms with van der Waals surface area (Å²) in [5.74, 6) is 1.04. The molecular weight excluding hydrogens is 272 g/mol. The number of hydrogen-bond acceptors (Lipinski definition) is 2. The van der Waals surface area contributed by atoms with Gasteiger partial charge in [-0.1, -0.05) is 41.9 Å². The van der Waals surface area contributed by atoms with Crippen LogP contribution in [0.3, 0.4) is 0 Å². The molecule has 0 radical (unpaired) electrons. The maximum absolute atomic E-state index is 12.0. The van der Waals surface area contributed by atoms with Crippen LogP contribution >= 0.6 is 11.6 Å². The molecule has 0 amide bonds. The first-order valence-corrected chi connectivity index (χ1v) is 6.91. The summed E-state index contributed by atoms with van der Waals surface area (Å²) in [6.07, 6.45) is 0.514. The fourth-order valence-corrected chi connectivity index (χ4v) is 3.00. The first-order valence-electron chi connectivity index (χ1n) is 6.53. The normalized spacial score (nSPS) is 13.9. The molecule has 20 heavy (non-hydrogen) atoms. The van der Waals surface area contributed by atoms with Gasteiger partial charge in [-0.25, -0.2) is 4.98 Å². The van der Waals surface area contributed by atoms with Crippen LogP contribution in [-0.4, -0.2) is 15.3 Å². The van der Waals surface area contributed by atoms with Crippen LogP contribution in [0.15, 0.2) is 42.5 Å². The Balaban J connectivity index is 2.11. The van der Waals surface area contributed by atoms with E-state index in [1.54, 1.807) is 12.1 Å². The Labute approximate surface area is 120 Å². The van der Waals surface area contributed by atoms with Gasteiger partial charge >= 0.3 is 0 Å². The van der Waals surface area contributed by atoms with Crippen LogP contribution in [0, 0.1) is 0 Å². The Morgan fingerprint density at radius 3 is 2.70 bits per heavy atom. The van der Waals surface area contributed by atoms with Crippen LogP contribution in [0.1, 0.15) is 16.8 Å². The fraction of sp³-hybridized carbons (Fsp3) is 0.125. The van der Waals surface area contributed by atoms with Crippen molar-refractivity contribution in [3.05, 3.63) is 53.1 Å². The Kier molecular flexibility index (Phi) is 2.44. The highest BCUT2D eigenvalue weighted by Crippen LogP contribution is 2.34. The third kappa shape index (κ3) is 1.53. The van der Waals surface area contributed by atoms with Gasteiger partial charge in [0, 0.05) is 24.1 Å². The summed E-state index contributed by atoms with van der Waals surface area (Å²) in [4.78, 5) is 16.7. The summed E-state index contributed by atoms with van der Waals surface area (Å²) in [5, 5.41) is 0.592. The molecular formula is C16H11ClN2O. The Morgan fingerprint density at radius 2 is 1.90 bits per heavy atom. The Bertz CT molecular complexity index is 837. The third-order valence-electron chi connectivity index (χ3n) is 3.74. The van der Waals surface area contributed by atoms with Gasteiger partial charge in [0.15, 0.2) is 5.78 Å². The lowest BCUT2D eigenvalue weighted by atomic mass is 10.0. The largest absolute Gasteiger partial charge is 0.323 e. The number of benzene rings is 2. The number of carbonyl (C=O) groups excluding carboxylic acids is 1. The lowest BCUT2D eigenvalue weighted by Gasteiger charge is -2.16. The van der Waals surface area contributed by atoms with Gasteiger partial charge in [0.25, 0.3) is 0 Å². The number of halogens is 1. The van der Waals surface area contributed by atoms with Crippen molar-refractivity contribution in [2.45, 2.75) is 13.0 Å². The second-order valence-electron chi connectivity index (χ2n) is 4.92. The maximum Gasteiger partial charge on any atom is 0.166 e. The van der Waals surface area contributed by atoms with E-state index in [1.165, 1.54) is 0 Å². The number of Topliss-reactive ketones (excluding diaryl/α,β-unsaturated/α-hetero) is 1. The van der Waals surface area contributed by atoms with Gasteiger partial charge in [-0.05, 0) is 12.1 Å². The molecule has 2 aromatic carbocycles. The van der Waals surface area contributed by atoms with E-state index in [0.717, 1.165) is 28.0 Å². The molecule has 4 rings (SSSR count). The molecule has 98 valence electrons. The van der Waals surface area contributed by atoms with E-state index < -0.39 is 0 Å². The lowest BCUT2D eigenvalue weighted by molar-refractivity contribution is 0.0973. The number of imidazole rings is 1. The Hall–Kier alpha value is -2.13. The van der Waals surface area contributed by atoms with Crippen LogP contribution in [0.4, 0.5) is 0 Å². The van der Waals surface area contributed by atoms with Crippen molar-refractivity contribution in [2.24, 2.45) is 0 Å². The molecule has 3 nitrogen and oxygen atoms in total. The minimum Gasteiger partial charge on any atom is -0.323 e. The lowest BCUT2D eigenvalue weighted by Crippen LogP contribution is -2.14. The molecule has 0 aliphatic carbocycles. The molecule has 4 heteroatoms. The highest BCUT2D eigenvalue weighted by molar-refractivity contribution is 6.35. The van der Waals surface area contributed by atoms with E-state index in [4.69, 9.17) is 11.6 Å². The van der Waals surface area contributed by atoms with Crippen LogP contribution in [0.5, 0.6) is 0 Å². The molecule has 0 spiro atoms. The third-order valence-corrected chi connectivity index (χ3v) is 4.05. The van der Waals surface area contributed by atoms with Crippen molar-refractivity contribution < 1.29 is 4.79 Å². The molecule has 0 unspecified atom stereocenters. The second-order valence-corrected chi connectivity index (χ2v) is 5.33. The molecule has 0 fully saturated rings. The molecule has 1 aliphatic heterocycles. The van der Waals surface area contributed by atoms with Crippen LogP contribution in [0.2, 0.25) is 5.02 Å². The van der Waals surface area contributed by atoms with Gasteiger partial charge in [0.1, 0.15) is 11.3 Å². The number of aromatic nitrogens is 2. The van der Waals surface area contributed by atoms with Crippen LogP contribution < -0.4 is 0 Å². The van der Waals surface area contributed by atoms with Crippen molar-refractivity contribution in [2.75, 3.05) is 0 Å². The number of nitrogens with zero attached hydrogens (tertiary/aromatic N) is 2. The summed E-state index contributed by atoms with van der Waals surface area (Å²) in [7, 11) is 0. The summed E-state index contributed by atoms with van der Waals surface area (Å²) < 4.78 is 2.10. The quantitative estimate of drug-likeness (QED) is 0.677. The van der Waals surface area contributed by atoms with E-state index in [0.29, 0.717) is 18.0 Å². The highest BCUT2D eigenvalue weighted by Gasteiger charge is 2.24. The van der Waals surface area contributed by atoms with Crippen molar-refractivity contribution in [1.82, 2.24) is 9.55 Å². The molecule has 0 N–H and O–H groups in total. The zero-order valence-corrected chi connectivity index (χ0v) is 11.4. The van der Waals surface area contributed by atoms with Crippen molar-refractivity contribution in [3.8, 4) is 11.4 Å². The van der Waals surface area contributed by atoms with Gasteiger partial charge in [-0.15, -0.1) is 0 Å². The number of rotatable bonds is 1. The van der Waals surface area contributed by atoms with Gasteiger partial charge in [-0.3, -0.25) is 4.79 Å². The molecule has 0 saturated carbocycles. The van der Waals surface area contributed by atoms with Crippen molar-refractivity contribution in [3.63, 3.8) is 0 Å². The summed E-state index contributed by atoms with van der Waals surface area (Å²) in [6, 6.07) is 13.6. The van der Waals surface area contributed by atoms with Gasteiger partial charge in [0.05, 0.1) is 10.5 Å². The molecule has 0 bridgehead atoms. The number of carbonyl (C=O) groups is 1. The number of ketones is 1. The van der Waals surface area contributed by atoms with E-state index in [9.17, 15) is 4.79 Å². The molecule has 0 atom stereocenters. The van der Waals surface area contributed by atoms with E-state index in [2.05, 4.69) is 9.55 Å². The van der Waals surface area contributed by atoms with Crippen molar-refractivity contribution >= 4 is 28.4 Å². The molecule has 1 aromatic heterocycles. The second kappa shape index (κ2) is 4.18. The summed E-state index contributed by atoms with van der Waals surface area (Å²) in [6.45, 7) is 0.660. The topological polar surface area (TPSA) is 34.9 Å².